The van der Waals surface area contributed by atoms with Crippen LogP contribution in [0.5, 0.6) is 0 Å². The number of oxime groups is 1. The third kappa shape index (κ3) is 3.84. The van der Waals surface area contributed by atoms with Crippen molar-refractivity contribution in [2.75, 3.05) is 13.1 Å². The van der Waals surface area contributed by atoms with Crippen LogP contribution in [-0.2, 0) is 7.05 Å². The highest BCUT2D eigenvalue weighted by Gasteiger charge is 2.15. The van der Waals surface area contributed by atoms with Crippen LogP contribution in [0.4, 0.5) is 0 Å². The van der Waals surface area contributed by atoms with Crippen molar-refractivity contribution in [3.05, 3.63) is 34.2 Å². The summed E-state index contributed by atoms with van der Waals surface area (Å²) in [5, 5.41) is 11.3. The molecule has 1 aromatic heterocycles. The zero-order chi connectivity index (χ0) is 14.4. The van der Waals surface area contributed by atoms with E-state index in [0.717, 1.165) is 0 Å². The molecule has 19 heavy (non-hydrogen) atoms. The van der Waals surface area contributed by atoms with Crippen LogP contribution in [0.1, 0.15) is 23.7 Å². The molecule has 0 aromatic carbocycles. The van der Waals surface area contributed by atoms with E-state index in [4.69, 9.17) is 10.9 Å². The van der Waals surface area contributed by atoms with Crippen molar-refractivity contribution >= 4 is 11.7 Å². The summed E-state index contributed by atoms with van der Waals surface area (Å²) in [7, 11) is 1.62. The number of aromatic nitrogens is 1. The molecule has 0 bridgehead atoms. The molecular formula is C12H18N4O3. The minimum Gasteiger partial charge on any atom is -0.409 e. The summed E-state index contributed by atoms with van der Waals surface area (Å²) in [4.78, 5) is 25.2. The molecule has 0 aliphatic rings. The molecule has 0 atom stereocenters. The molecule has 0 aliphatic carbocycles. The first-order valence-electron chi connectivity index (χ1n) is 5.92. The fraction of sp³-hybridized carbons (Fsp3) is 0.417. The van der Waals surface area contributed by atoms with E-state index >= 15 is 0 Å². The quantitative estimate of drug-likeness (QED) is 0.338. The van der Waals surface area contributed by atoms with Crippen LogP contribution in [0.3, 0.4) is 0 Å². The van der Waals surface area contributed by atoms with E-state index in [1.54, 1.807) is 19.3 Å². The molecule has 1 aromatic rings. The van der Waals surface area contributed by atoms with Crippen molar-refractivity contribution in [3.63, 3.8) is 0 Å². The van der Waals surface area contributed by atoms with Crippen molar-refractivity contribution in [3.8, 4) is 0 Å². The maximum atomic E-state index is 12.2. The Morgan fingerprint density at radius 2 is 2.26 bits per heavy atom. The van der Waals surface area contributed by atoms with Crippen LogP contribution >= 0.6 is 0 Å². The smallest absolute Gasteiger partial charge is 0.254 e. The lowest BCUT2D eigenvalue weighted by atomic mass is 10.2. The molecule has 1 amide bonds. The number of nitrogens with zero attached hydrogens (tertiary/aromatic N) is 3. The Hall–Kier alpha value is -2.31. The summed E-state index contributed by atoms with van der Waals surface area (Å²) >= 11 is 0. The lowest BCUT2D eigenvalue weighted by molar-refractivity contribution is 0.0768. The van der Waals surface area contributed by atoms with Gasteiger partial charge in [-0.05, 0) is 13.0 Å². The molecule has 0 unspecified atom stereocenters. The Labute approximate surface area is 110 Å². The predicted octanol–water partition coefficient (Wildman–Crippen LogP) is -0.0161. The first-order chi connectivity index (χ1) is 8.99. The molecule has 7 heteroatoms. The minimum atomic E-state index is -0.245. The standard InChI is InChI=1S/C12H18N4O3/c1-3-16(7-5-10(13)14-19)12(18)9-4-6-15(2)11(17)8-9/h4,6,8,19H,3,5,7H2,1-2H3,(H2,13,14). The lowest BCUT2D eigenvalue weighted by Crippen LogP contribution is -2.34. The molecule has 104 valence electrons. The van der Waals surface area contributed by atoms with E-state index in [1.807, 2.05) is 6.92 Å². The first-order valence-corrected chi connectivity index (χ1v) is 5.92. The summed E-state index contributed by atoms with van der Waals surface area (Å²) < 4.78 is 1.39. The second-order valence-electron chi connectivity index (χ2n) is 4.09. The number of carbonyl (C=O) groups excluding carboxylic acids is 1. The number of amidine groups is 1. The topological polar surface area (TPSA) is 101 Å². The van der Waals surface area contributed by atoms with Gasteiger partial charge in [0.15, 0.2) is 0 Å². The molecular weight excluding hydrogens is 248 g/mol. The maximum absolute atomic E-state index is 12.2. The van der Waals surface area contributed by atoms with Crippen molar-refractivity contribution in [2.24, 2.45) is 17.9 Å². The molecule has 0 aliphatic heterocycles. The predicted molar refractivity (Wildman–Crippen MR) is 71.3 cm³/mol. The minimum absolute atomic E-state index is 0.0650. The molecule has 0 saturated heterocycles. The first kappa shape index (κ1) is 14.7. The van der Waals surface area contributed by atoms with Gasteiger partial charge in [-0.15, -0.1) is 0 Å². The van der Waals surface area contributed by atoms with Crippen LogP contribution in [0.2, 0.25) is 0 Å². The van der Waals surface area contributed by atoms with Gasteiger partial charge in [-0.3, -0.25) is 9.59 Å². The van der Waals surface area contributed by atoms with E-state index in [2.05, 4.69) is 5.16 Å². The number of hydrogen-bond donors (Lipinski definition) is 2. The molecule has 7 nitrogen and oxygen atoms in total. The fourth-order valence-corrected chi connectivity index (χ4v) is 1.57. The molecule has 0 fully saturated rings. The zero-order valence-electron chi connectivity index (χ0n) is 11.0. The highest BCUT2D eigenvalue weighted by Crippen LogP contribution is 2.03. The summed E-state index contributed by atoms with van der Waals surface area (Å²) in [6, 6.07) is 2.89. The number of amides is 1. The van der Waals surface area contributed by atoms with Gasteiger partial charge in [0.1, 0.15) is 5.84 Å². The Balaban J connectivity index is 2.83. The van der Waals surface area contributed by atoms with Crippen molar-refractivity contribution in [1.82, 2.24) is 9.47 Å². The zero-order valence-corrected chi connectivity index (χ0v) is 11.0. The third-order valence-electron chi connectivity index (χ3n) is 2.79. The van der Waals surface area contributed by atoms with Gasteiger partial charge >= 0.3 is 0 Å². The fourth-order valence-electron chi connectivity index (χ4n) is 1.57. The van der Waals surface area contributed by atoms with Crippen LogP contribution in [0, 0.1) is 0 Å². The van der Waals surface area contributed by atoms with Crippen molar-refractivity contribution in [1.29, 1.82) is 0 Å². The van der Waals surface area contributed by atoms with Gasteiger partial charge in [0, 0.05) is 44.4 Å². The van der Waals surface area contributed by atoms with E-state index < -0.39 is 0 Å². The Bertz CT molecular complexity index is 536. The van der Waals surface area contributed by atoms with Crippen LogP contribution in [-0.4, -0.2) is 39.5 Å². The Morgan fingerprint density at radius 1 is 1.58 bits per heavy atom. The van der Waals surface area contributed by atoms with Gasteiger partial charge < -0.3 is 20.4 Å². The van der Waals surface area contributed by atoms with Gasteiger partial charge in [-0.25, -0.2) is 0 Å². The van der Waals surface area contributed by atoms with Gasteiger partial charge in [-0.1, -0.05) is 5.16 Å². The Kier molecular flexibility index (Phi) is 5.11. The van der Waals surface area contributed by atoms with E-state index in [9.17, 15) is 9.59 Å². The van der Waals surface area contributed by atoms with Gasteiger partial charge in [-0.2, -0.15) is 0 Å². The summed E-state index contributed by atoms with van der Waals surface area (Å²) in [5.41, 5.74) is 5.47. The number of hydrogen-bond acceptors (Lipinski definition) is 4. The summed E-state index contributed by atoms with van der Waals surface area (Å²) in [6.45, 7) is 2.64. The van der Waals surface area contributed by atoms with E-state index in [1.165, 1.54) is 15.5 Å². The highest BCUT2D eigenvalue weighted by molar-refractivity contribution is 5.94. The lowest BCUT2D eigenvalue weighted by Gasteiger charge is -2.20. The maximum Gasteiger partial charge on any atom is 0.254 e. The molecule has 1 rings (SSSR count). The second-order valence-corrected chi connectivity index (χ2v) is 4.09. The van der Waals surface area contributed by atoms with Crippen LogP contribution < -0.4 is 11.3 Å². The molecule has 3 N–H and O–H groups in total. The SMILES string of the molecule is CCN(CC/C(N)=N/O)C(=O)c1ccn(C)c(=O)c1. The average molecular weight is 266 g/mol. The largest absolute Gasteiger partial charge is 0.409 e. The molecule has 0 radical (unpaired) electrons. The van der Waals surface area contributed by atoms with Crippen molar-refractivity contribution in [2.45, 2.75) is 13.3 Å². The number of carbonyl (C=O) groups is 1. The summed E-state index contributed by atoms with van der Waals surface area (Å²) in [5.74, 6) is -0.179. The second kappa shape index (κ2) is 6.58. The van der Waals surface area contributed by atoms with E-state index in [0.29, 0.717) is 18.7 Å². The monoisotopic (exact) mass is 266 g/mol. The van der Waals surface area contributed by atoms with Crippen LogP contribution in [0.25, 0.3) is 0 Å². The average Bonchev–Trinajstić information content (AvgIpc) is 2.41. The normalized spacial score (nSPS) is 11.4. The molecule has 0 spiro atoms. The van der Waals surface area contributed by atoms with Crippen LogP contribution in [0.15, 0.2) is 28.3 Å². The van der Waals surface area contributed by atoms with Crippen molar-refractivity contribution < 1.29 is 10.0 Å². The van der Waals surface area contributed by atoms with Gasteiger partial charge in [0.25, 0.3) is 11.5 Å². The number of pyridine rings is 1. The van der Waals surface area contributed by atoms with Gasteiger partial charge in [0.05, 0.1) is 0 Å². The highest BCUT2D eigenvalue weighted by atomic mass is 16.4. The number of aryl methyl sites for hydroxylation is 1. The number of rotatable bonds is 5. The van der Waals surface area contributed by atoms with E-state index in [-0.39, 0.29) is 23.7 Å². The third-order valence-corrected chi connectivity index (χ3v) is 2.79. The summed E-state index contributed by atoms with van der Waals surface area (Å²) in [6.07, 6.45) is 1.83. The molecule has 1 heterocycles. The number of nitrogens with two attached hydrogens (primary N) is 1. The Morgan fingerprint density at radius 3 is 2.79 bits per heavy atom. The molecule has 0 saturated carbocycles. The van der Waals surface area contributed by atoms with Gasteiger partial charge in [0.2, 0.25) is 0 Å².